The molecule has 1 aliphatic carbocycles. The van der Waals surface area contributed by atoms with Crippen LogP contribution in [0.1, 0.15) is 0 Å². The molecule has 1 unspecified atom stereocenters. The molecule has 0 aliphatic heterocycles. The second kappa shape index (κ2) is 9.20. The van der Waals surface area contributed by atoms with Crippen LogP contribution in [-0.4, -0.2) is 11.8 Å². The molecule has 0 radical (unpaired) electrons. The van der Waals surface area contributed by atoms with E-state index in [-0.39, 0.29) is 11.8 Å². The van der Waals surface area contributed by atoms with E-state index in [1.807, 2.05) is 109 Å². The van der Waals surface area contributed by atoms with Crippen molar-refractivity contribution in [2.24, 2.45) is 11.8 Å². The van der Waals surface area contributed by atoms with Crippen LogP contribution in [0.5, 0.6) is 0 Å². The third-order valence-corrected chi connectivity index (χ3v) is 6.11. The zero-order valence-electron chi connectivity index (χ0n) is 18.6. The third-order valence-electron chi connectivity index (χ3n) is 6.11. The van der Waals surface area contributed by atoms with Crippen molar-refractivity contribution in [3.8, 4) is 22.3 Å². The van der Waals surface area contributed by atoms with Crippen LogP contribution in [-0.2, 0) is 9.59 Å². The molecule has 2 atom stereocenters. The Bertz CT molecular complexity index is 1220. The Balaban J connectivity index is 1.18. The molecule has 0 saturated heterocycles. The molecule has 4 nitrogen and oxygen atoms in total. The Morgan fingerprint density at radius 2 is 0.824 bits per heavy atom. The lowest BCUT2D eigenvalue weighted by atomic mass is 10.1. The van der Waals surface area contributed by atoms with Crippen molar-refractivity contribution >= 4 is 23.2 Å². The maximum Gasteiger partial charge on any atom is 0.232 e. The summed E-state index contributed by atoms with van der Waals surface area (Å²) in [5.41, 5.74) is 6.40. The molecule has 5 rings (SSSR count). The van der Waals surface area contributed by atoms with Gasteiger partial charge in [0.1, 0.15) is 0 Å². The van der Waals surface area contributed by atoms with Gasteiger partial charge in [0, 0.05) is 11.4 Å². The first-order chi connectivity index (χ1) is 16.6. The molecule has 1 saturated carbocycles. The van der Waals surface area contributed by atoms with Gasteiger partial charge in [-0.2, -0.15) is 0 Å². The molecule has 166 valence electrons. The van der Waals surface area contributed by atoms with Crippen LogP contribution in [0, 0.1) is 11.8 Å². The fourth-order valence-corrected chi connectivity index (χ4v) is 4.15. The number of carbonyl (C=O) groups is 2. The normalized spacial score (nSPS) is 16.5. The standard InChI is InChI=1S/C30H24N2O2/c1-20-27(29(33)31-25-16-12-23(13-17-25)21-8-4-2-5-9-21)28(20)30(34)32-26-18-14-24(15-19-26)22-10-6-3-7-11-22/h2-19,27-28H,1H2,(H,31,33)(H,32,34)/t27-,28?/m1/s1. The molecule has 34 heavy (non-hydrogen) atoms. The highest BCUT2D eigenvalue weighted by molar-refractivity contribution is 6.08. The number of hydrogen-bond donors (Lipinski definition) is 2. The van der Waals surface area contributed by atoms with Crippen molar-refractivity contribution < 1.29 is 9.59 Å². The van der Waals surface area contributed by atoms with E-state index in [4.69, 9.17) is 0 Å². The molecule has 0 spiro atoms. The predicted octanol–water partition coefficient (Wildman–Crippen LogP) is 6.40. The molecule has 2 amide bonds. The number of amides is 2. The van der Waals surface area contributed by atoms with E-state index in [1.165, 1.54) is 0 Å². The van der Waals surface area contributed by atoms with Gasteiger partial charge in [0.2, 0.25) is 11.8 Å². The smallest absolute Gasteiger partial charge is 0.232 e. The zero-order chi connectivity index (χ0) is 23.5. The van der Waals surface area contributed by atoms with E-state index in [1.54, 1.807) is 0 Å². The maximum absolute atomic E-state index is 12.8. The Kier molecular flexibility index (Phi) is 5.79. The number of anilines is 2. The minimum atomic E-state index is -0.516. The molecule has 1 aliphatic rings. The van der Waals surface area contributed by atoms with Gasteiger partial charge in [0.15, 0.2) is 0 Å². The average molecular weight is 445 g/mol. The average Bonchev–Trinajstić information content (AvgIpc) is 3.57. The lowest BCUT2D eigenvalue weighted by molar-refractivity contribution is -0.122. The number of rotatable bonds is 6. The SMILES string of the molecule is C=C1C(C(=O)Nc2ccc(-c3ccccc3)cc2)[C@@H]1C(=O)Nc1ccc(-c2ccccc2)cc1. The van der Waals surface area contributed by atoms with Gasteiger partial charge in [0.25, 0.3) is 0 Å². The number of nitrogens with one attached hydrogen (secondary N) is 2. The van der Waals surface area contributed by atoms with Crippen LogP contribution in [0.15, 0.2) is 121 Å². The van der Waals surface area contributed by atoms with E-state index < -0.39 is 11.8 Å². The van der Waals surface area contributed by atoms with Crippen molar-refractivity contribution in [3.63, 3.8) is 0 Å². The summed E-state index contributed by atoms with van der Waals surface area (Å²) >= 11 is 0. The molecule has 0 heterocycles. The highest BCUT2D eigenvalue weighted by Gasteiger charge is 2.52. The number of hydrogen-bond acceptors (Lipinski definition) is 2. The monoisotopic (exact) mass is 444 g/mol. The fourth-order valence-electron chi connectivity index (χ4n) is 4.15. The van der Waals surface area contributed by atoms with Crippen LogP contribution < -0.4 is 10.6 Å². The van der Waals surface area contributed by atoms with Gasteiger partial charge < -0.3 is 10.6 Å². The molecule has 4 aromatic rings. The third kappa shape index (κ3) is 4.52. The molecule has 4 aromatic carbocycles. The van der Waals surface area contributed by atoms with Crippen LogP contribution in [0.25, 0.3) is 22.3 Å². The summed E-state index contributed by atoms with van der Waals surface area (Å²) in [6.45, 7) is 3.94. The summed E-state index contributed by atoms with van der Waals surface area (Å²) < 4.78 is 0. The Morgan fingerprint density at radius 3 is 1.18 bits per heavy atom. The summed E-state index contributed by atoms with van der Waals surface area (Å²) in [6, 6.07) is 35.4. The lowest BCUT2D eigenvalue weighted by Gasteiger charge is -2.08. The topological polar surface area (TPSA) is 58.2 Å². The van der Waals surface area contributed by atoms with Crippen LogP contribution in [0.3, 0.4) is 0 Å². The quantitative estimate of drug-likeness (QED) is 0.338. The molecule has 2 N–H and O–H groups in total. The second-order valence-corrected chi connectivity index (χ2v) is 8.40. The van der Waals surface area contributed by atoms with Gasteiger partial charge in [-0.25, -0.2) is 0 Å². The van der Waals surface area contributed by atoms with E-state index >= 15 is 0 Å². The molecule has 0 aromatic heterocycles. The van der Waals surface area contributed by atoms with Crippen molar-refractivity contribution in [2.45, 2.75) is 0 Å². The summed E-state index contributed by atoms with van der Waals surface area (Å²) in [7, 11) is 0. The second-order valence-electron chi connectivity index (χ2n) is 8.40. The van der Waals surface area contributed by atoms with Crippen molar-refractivity contribution in [1.29, 1.82) is 0 Å². The van der Waals surface area contributed by atoms with E-state index in [9.17, 15) is 9.59 Å². The van der Waals surface area contributed by atoms with Gasteiger partial charge >= 0.3 is 0 Å². The summed E-state index contributed by atoms with van der Waals surface area (Å²) in [6.07, 6.45) is 0. The minimum absolute atomic E-state index is 0.211. The molecule has 4 heteroatoms. The van der Waals surface area contributed by atoms with Gasteiger partial charge in [-0.3, -0.25) is 9.59 Å². The van der Waals surface area contributed by atoms with Crippen molar-refractivity contribution in [3.05, 3.63) is 121 Å². The van der Waals surface area contributed by atoms with Crippen LogP contribution in [0.4, 0.5) is 11.4 Å². The Hall–Kier alpha value is -4.44. The molecular weight excluding hydrogens is 420 g/mol. The maximum atomic E-state index is 12.8. The highest BCUT2D eigenvalue weighted by atomic mass is 16.2. The van der Waals surface area contributed by atoms with Crippen LogP contribution in [0.2, 0.25) is 0 Å². The number of carbonyl (C=O) groups excluding carboxylic acids is 2. The van der Waals surface area contributed by atoms with Gasteiger partial charge in [0.05, 0.1) is 11.8 Å². The van der Waals surface area contributed by atoms with Crippen molar-refractivity contribution in [2.75, 3.05) is 10.6 Å². The van der Waals surface area contributed by atoms with E-state index in [0.29, 0.717) is 16.9 Å². The predicted molar refractivity (Wildman–Crippen MR) is 137 cm³/mol. The van der Waals surface area contributed by atoms with E-state index in [2.05, 4.69) is 17.2 Å². The van der Waals surface area contributed by atoms with Gasteiger partial charge in [-0.15, -0.1) is 0 Å². The van der Waals surface area contributed by atoms with E-state index in [0.717, 1.165) is 22.3 Å². The van der Waals surface area contributed by atoms with Crippen molar-refractivity contribution in [1.82, 2.24) is 0 Å². The summed E-state index contributed by atoms with van der Waals surface area (Å²) in [5.74, 6) is -1.45. The molecule has 0 bridgehead atoms. The largest absolute Gasteiger partial charge is 0.326 e. The highest BCUT2D eigenvalue weighted by Crippen LogP contribution is 2.45. The number of benzene rings is 4. The first-order valence-corrected chi connectivity index (χ1v) is 11.2. The lowest BCUT2D eigenvalue weighted by Crippen LogP contribution is -2.20. The fraction of sp³-hybridized carbons (Fsp3) is 0.0667. The Morgan fingerprint density at radius 1 is 0.500 bits per heavy atom. The Labute approximate surface area is 199 Å². The zero-order valence-corrected chi connectivity index (χ0v) is 18.6. The van der Waals surface area contributed by atoms with Gasteiger partial charge in [-0.05, 0) is 46.5 Å². The minimum Gasteiger partial charge on any atom is -0.326 e. The summed E-state index contributed by atoms with van der Waals surface area (Å²) in [4.78, 5) is 25.5. The molecule has 1 fully saturated rings. The van der Waals surface area contributed by atoms with Gasteiger partial charge in [-0.1, -0.05) is 97.1 Å². The first-order valence-electron chi connectivity index (χ1n) is 11.2. The first kappa shape index (κ1) is 21.4. The molecular formula is C30H24N2O2. The summed E-state index contributed by atoms with van der Waals surface area (Å²) in [5, 5.41) is 5.82. The van der Waals surface area contributed by atoms with Crippen LogP contribution >= 0.6 is 0 Å².